The summed E-state index contributed by atoms with van der Waals surface area (Å²) in [4.78, 5) is 1.30. The number of halogens is 1. The van der Waals surface area contributed by atoms with Crippen LogP contribution < -0.4 is 10.1 Å². The van der Waals surface area contributed by atoms with Crippen molar-refractivity contribution < 1.29 is 4.74 Å². The number of methoxy groups -OCH3 is 1. The highest BCUT2D eigenvalue weighted by atomic mass is 79.9. The minimum absolute atomic E-state index is 0.183. The minimum Gasteiger partial charge on any atom is -0.496 e. The zero-order valence-electron chi connectivity index (χ0n) is 10.4. The molecule has 0 fully saturated rings. The average Bonchev–Trinajstić information content (AvgIpc) is 2.89. The molecule has 96 valence electrons. The first-order valence-corrected chi connectivity index (χ1v) is 7.53. The van der Waals surface area contributed by atoms with E-state index in [1.807, 2.05) is 12.1 Å². The number of ether oxygens (including phenoxy) is 1. The maximum absolute atomic E-state index is 5.47. The Morgan fingerprint density at radius 1 is 1.39 bits per heavy atom. The fourth-order valence-corrected chi connectivity index (χ4v) is 3.15. The van der Waals surface area contributed by atoms with Crippen molar-refractivity contribution in [2.45, 2.75) is 13.0 Å². The summed E-state index contributed by atoms with van der Waals surface area (Å²) in [5.41, 5.74) is 1.16. The number of nitrogens with one attached hydrogen (secondary N) is 1. The average molecular weight is 326 g/mol. The lowest BCUT2D eigenvalue weighted by molar-refractivity contribution is 0.404. The molecule has 0 amide bonds. The zero-order chi connectivity index (χ0) is 13.0. The topological polar surface area (TPSA) is 21.3 Å². The van der Waals surface area contributed by atoms with E-state index in [0.717, 1.165) is 22.3 Å². The van der Waals surface area contributed by atoms with E-state index in [2.05, 4.69) is 51.7 Å². The zero-order valence-corrected chi connectivity index (χ0v) is 12.8. The molecule has 1 N–H and O–H groups in total. The third-order valence-corrected chi connectivity index (χ3v) is 4.17. The van der Waals surface area contributed by atoms with Gasteiger partial charge in [-0.25, -0.2) is 0 Å². The molecule has 2 rings (SSSR count). The highest BCUT2D eigenvalue weighted by molar-refractivity contribution is 9.10. The molecule has 0 saturated carbocycles. The van der Waals surface area contributed by atoms with Gasteiger partial charge in [0.25, 0.3) is 0 Å². The first-order chi connectivity index (χ1) is 8.76. The first kappa shape index (κ1) is 13.6. The molecule has 0 aliphatic carbocycles. The first-order valence-electron chi connectivity index (χ1n) is 5.86. The Morgan fingerprint density at radius 3 is 2.83 bits per heavy atom. The number of thiophene rings is 1. The predicted molar refractivity (Wildman–Crippen MR) is 80.5 cm³/mol. The van der Waals surface area contributed by atoms with E-state index < -0.39 is 0 Å². The van der Waals surface area contributed by atoms with E-state index >= 15 is 0 Å². The van der Waals surface area contributed by atoms with Crippen LogP contribution in [0.3, 0.4) is 0 Å². The van der Waals surface area contributed by atoms with E-state index in [0.29, 0.717) is 0 Å². The van der Waals surface area contributed by atoms with Crippen LogP contribution >= 0.6 is 27.3 Å². The lowest BCUT2D eigenvalue weighted by Gasteiger charge is -2.20. The molecule has 0 aliphatic rings. The summed E-state index contributed by atoms with van der Waals surface area (Å²) in [6.45, 7) is 3.03. The maximum atomic E-state index is 5.47. The number of hydrogen-bond donors (Lipinski definition) is 1. The second kappa shape index (κ2) is 6.36. The SMILES string of the molecule is CCNC(c1cccs1)c1cc(Br)ccc1OC. The summed E-state index contributed by atoms with van der Waals surface area (Å²) in [7, 11) is 1.71. The molecule has 0 radical (unpaired) electrons. The van der Waals surface area contributed by atoms with Gasteiger partial charge >= 0.3 is 0 Å². The Bertz CT molecular complexity index is 499. The molecule has 18 heavy (non-hydrogen) atoms. The molecule has 2 aromatic rings. The summed E-state index contributed by atoms with van der Waals surface area (Å²) in [6, 6.07) is 10.5. The van der Waals surface area contributed by atoms with Crippen LogP contribution in [0, 0.1) is 0 Å². The summed E-state index contributed by atoms with van der Waals surface area (Å²) in [6.07, 6.45) is 0. The highest BCUT2D eigenvalue weighted by Crippen LogP contribution is 2.34. The van der Waals surface area contributed by atoms with Gasteiger partial charge in [0.2, 0.25) is 0 Å². The molecule has 1 unspecified atom stereocenters. The van der Waals surface area contributed by atoms with Crippen molar-refractivity contribution in [3.05, 3.63) is 50.6 Å². The van der Waals surface area contributed by atoms with Crippen LogP contribution in [-0.2, 0) is 0 Å². The molecule has 0 spiro atoms. The maximum Gasteiger partial charge on any atom is 0.124 e. The molecular formula is C14H16BrNOS. The van der Waals surface area contributed by atoms with Crippen molar-refractivity contribution in [2.24, 2.45) is 0 Å². The monoisotopic (exact) mass is 325 g/mol. The molecule has 4 heteroatoms. The molecule has 0 aliphatic heterocycles. The third-order valence-electron chi connectivity index (χ3n) is 2.74. The number of benzene rings is 1. The van der Waals surface area contributed by atoms with Crippen LogP contribution in [0.2, 0.25) is 0 Å². The second-order valence-electron chi connectivity index (χ2n) is 3.89. The van der Waals surface area contributed by atoms with Crippen LogP contribution in [0.25, 0.3) is 0 Å². The van der Waals surface area contributed by atoms with Gasteiger partial charge in [-0.05, 0) is 36.2 Å². The lowest BCUT2D eigenvalue weighted by Crippen LogP contribution is -2.21. The normalized spacial score (nSPS) is 12.4. The van der Waals surface area contributed by atoms with Gasteiger partial charge in [0.1, 0.15) is 5.75 Å². The fourth-order valence-electron chi connectivity index (χ4n) is 1.95. The summed E-state index contributed by atoms with van der Waals surface area (Å²) < 4.78 is 6.54. The van der Waals surface area contributed by atoms with Crippen LogP contribution in [-0.4, -0.2) is 13.7 Å². The Labute approximate surface area is 120 Å². The van der Waals surface area contributed by atoms with E-state index in [-0.39, 0.29) is 6.04 Å². The van der Waals surface area contributed by atoms with Crippen molar-refractivity contribution in [1.82, 2.24) is 5.32 Å². The number of hydrogen-bond acceptors (Lipinski definition) is 3. The Morgan fingerprint density at radius 2 is 2.22 bits per heavy atom. The molecule has 0 bridgehead atoms. The molecule has 1 atom stereocenters. The third kappa shape index (κ3) is 2.94. The van der Waals surface area contributed by atoms with E-state index in [9.17, 15) is 0 Å². The molecular weight excluding hydrogens is 310 g/mol. The molecule has 1 aromatic heterocycles. The van der Waals surface area contributed by atoms with Gasteiger partial charge in [-0.1, -0.05) is 28.9 Å². The van der Waals surface area contributed by atoms with E-state index in [4.69, 9.17) is 4.74 Å². The van der Waals surface area contributed by atoms with Gasteiger partial charge in [-0.15, -0.1) is 11.3 Å². The summed E-state index contributed by atoms with van der Waals surface area (Å²) in [5, 5.41) is 5.61. The van der Waals surface area contributed by atoms with Gasteiger partial charge in [0.15, 0.2) is 0 Å². The minimum atomic E-state index is 0.183. The summed E-state index contributed by atoms with van der Waals surface area (Å²) in [5.74, 6) is 0.914. The second-order valence-corrected chi connectivity index (χ2v) is 5.79. The highest BCUT2D eigenvalue weighted by Gasteiger charge is 2.18. The van der Waals surface area contributed by atoms with Gasteiger partial charge in [0.05, 0.1) is 13.2 Å². The van der Waals surface area contributed by atoms with Crippen molar-refractivity contribution in [1.29, 1.82) is 0 Å². The largest absolute Gasteiger partial charge is 0.496 e. The molecule has 2 nitrogen and oxygen atoms in total. The fraction of sp³-hybridized carbons (Fsp3) is 0.286. The van der Waals surface area contributed by atoms with Crippen LogP contribution in [0.5, 0.6) is 5.75 Å². The smallest absolute Gasteiger partial charge is 0.124 e. The quantitative estimate of drug-likeness (QED) is 0.888. The van der Waals surface area contributed by atoms with Gasteiger partial charge < -0.3 is 10.1 Å². The van der Waals surface area contributed by atoms with Gasteiger partial charge in [-0.3, -0.25) is 0 Å². The van der Waals surface area contributed by atoms with Gasteiger partial charge in [0, 0.05) is 14.9 Å². The lowest BCUT2D eigenvalue weighted by atomic mass is 10.0. The Balaban J connectivity index is 2.45. The molecule has 0 saturated heterocycles. The predicted octanol–water partition coefficient (Wildman–Crippen LogP) is 4.22. The Hall–Kier alpha value is -0.840. The van der Waals surface area contributed by atoms with Crippen molar-refractivity contribution in [2.75, 3.05) is 13.7 Å². The van der Waals surface area contributed by atoms with Gasteiger partial charge in [-0.2, -0.15) is 0 Å². The number of rotatable bonds is 5. The van der Waals surface area contributed by atoms with Crippen molar-refractivity contribution in [3.8, 4) is 5.75 Å². The van der Waals surface area contributed by atoms with E-state index in [1.165, 1.54) is 4.88 Å². The van der Waals surface area contributed by atoms with Crippen LogP contribution in [0.1, 0.15) is 23.4 Å². The Kier molecular flexibility index (Phi) is 4.80. The molecule has 1 aromatic carbocycles. The van der Waals surface area contributed by atoms with Crippen molar-refractivity contribution >= 4 is 27.3 Å². The van der Waals surface area contributed by atoms with Crippen molar-refractivity contribution in [3.63, 3.8) is 0 Å². The summed E-state index contributed by atoms with van der Waals surface area (Å²) >= 11 is 5.29. The van der Waals surface area contributed by atoms with E-state index in [1.54, 1.807) is 18.4 Å². The molecule has 1 heterocycles. The standard InChI is InChI=1S/C14H16BrNOS/c1-3-16-14(13-5-4-8-18-13)11-9-10(15)6-7-12(11)17-2/h4-9,14,16H,3H2,1-2H3. The van der Waals surface area contributed by atoms with Crippen LogP contribution in [0.15, 0.2) is 40.2 Å². The van der Waals surface area contributed by atoms with Crippen LogP contribution in [0.4, 0.5) is 0 Å².